The summed E-state index contributed by atoms with van der Waals surface area (Å²) in [7, 11) is 0. The van der Waals surface area contributed by atoms with Crippen molar-refractivity contribution in [3.8, 4) is 0 Å². The number of amides is 1. The first-order chi connectivity index (χ1) is 11.3. The van der Waals surface area contributed by atoms with Crippen LogP contribution in [0, 0.1) is 0 Å². The maximum atomic E-state index is 12.5. The van der Waals surface area contributed by atoms with Gasteiger partial charge in [-0.3, -0.25) is 9.78 Å². The second-order valence-electron chi connectivity index (χ2n) is 6.07. The third-order valence-corrected chi connectivity index (χ3v) is 4.66. The van der Waals surface area contributed by atoms with Crippen LogP contribution >= 0.6 is 0 Å². The minimum Gasteiger partial charge on any atom is -0.370 e. The molecule has 0 saturated carbocycles. The van der Waals surface area contributed by atoms with E-state index >= 15 is 0 Å². The van der Waals surface area contributed by atoms with Crippen LogP contribution in [0.5, 0.6) is 0 Å². The number of nitrogens with zero attached hydrogens (tertiary/aromatic N) is 5. The fourth-order valence-electron chi connectivity index (χ4n) is 3.36. The molecule has 2 aromatic heterocycles. The first kappa shape index (κ1) is 14.3. The highest BCUT2D eigenvalue weighted by molar-refractivity contribution is 5.76. The van der Waals surface area contributed by atoms with Gasteiger partial charge in [0.15, 0.2) is 0 Å². The van der Waals surface area contributed by atoms with Crippen LogP contribution in [0.25, 0.3) is 0 Å². The van der Waals surface area contributed by atoms with Gasteiger partial charge in [0.25, 0.3) is 0 Å². The molecule has 0 N–H and O–H groups in total. The molecule has 0 radical (unpaired) electrons. The minimum absolute atomic E-state index is 0.0832. The molecule has 0 spiro atoms. The Morgan fingerprint density at radius 3 is 3.09 bits per heavy atom. The van der Waals surface area contributed by atoms with Crippen LogP contribution in [0.3, 0.4) is 0 Å². The van der Waals surface area contributed by atoms with Crippen molar-refractivity contribution in [1.82, 2.24) is 24.9 Å². The predicted molar refractivity (Wildman–Crippen MR) is 81.4 cm³/mol. The molecule has 4 heterocycles. The average molecular weight is 313 g/mol. The Morgan fingerprint density at radius 2 is 2.22 bits per heavy atom. The number of rotatable bonds is 3. The van der Waals surface area contributed by atoms with E-state index < -0.39 is 0 Å². The lowest BCUT2D eigenvalue weighted by molar-refractivity contribution is -0.138. The van der Waals surface area contributed by atoms with E-state index in [0.29, 0.717) is 19.6 Å². The maximum absolute atomic E-state index is 12.5. The van der Waals surface area contributed by atoms with Gasteiger partial charge in [0.05, 0.1) is 30.6 Å². The Morgan fingerprint density at radius 1 is 1.35 bits per heavy atom. The molecule has 1 amide bonds. The highest BCUT2D eigenvalue weighted by atomic mass is 16.5. The van der Waals surface area contributed by atoms with Gasteiger partial charge >= 0.3 is 0 Å². The van der Waals surface area contributed by atoms with Gasteiger partial charge in [0, 0.05) is 31.9 Å². The zero-order valence-electron chi connectivity index (χ0n) is 12.8. The van der Waals surface area contributed by atoms with Crippen molar-refractivity contribution in [3.05, 3.63) is 42.0 Å². The zero-order valence-corrected chi connectivity index (χ0v) is 12.8. The lowest BCUT2D eigenvalue weighted by Crippen LogP contribution is -2.49. The molecular weight excluding hydrogens is 294 g/mol. The van der Waals surface area contributed by atoms with Gasteiger partial charge in [-0.25, -0.2) is 4.68 Å². The Kier molecular flexibility index (Phi) is 3.78. The largest absolute Gasteiger partial charge is 0.370 e. The summed E-state index contributed by atoms with van der Waals surface area (Å²) in [6.45, 7) is 1.96. The number of aryl methyl sites for hydroxylation is 1. The van der Waals surface area contributed by atoms with Gasteiger partial charge in [-0.1, -0.05) is 5.21 Å². The molecule has 2 aromatic rings. The van der Waals surface area contributed by atoms with Gasteiger partial charge in [-0.05, 0) is 30.5 Å². The monoisotopic (exact) mass is 313 g/mol. The third kappa shape index (κ3) is 2.84. The molecule has 0 aromatic carbocycles. The Labute approximate surface area is 134 Å². The van der Waals surface area contributed by atoms with Crippen molar-refractivity contribution < 1.29 is 9.53 Å². The smallest absolute Gasteiger partial charge is 0.222 e. The quantitative estimate of drug-likeness (QED) is 0.844. The van der Waals surface area contributed by atoms with Crippen LogP contribution in [0.1, 0.15) is 30.1 Å². The van der Waals surface area contributed by atoms with Crippen molar-refractivity contribution in [2.45, 2.75) is 38.0 Å². The number of carbonyl (C=O) groups excluding carboxylic acids is 1. The number of fused-ring (bicyclic) bond motifs is 3. The first-order valence-corrected chi connectivity index (χ1v) is 7.98. The highest BCUT2D eigenvalue weighted by Crippen LogP contribution is 2.30. The molecule has 2 atom stereocenters. The van der Waals surface area contributed by atoms with Crippen LogP contribution < -0.4 is 0 Å². The van der Waals surface area contributed by atoms with E-state index in [1.54, 1.807) is 18.6 Å². The van der Waals surface area contributed by atoms with Crippen LogP contribution in [0.2, 0.25) is 0 Å². The Balaban J connectivity index is 1.40. The number of hydrogen-bond donors (Lipinski definition) is 0. The lowest BCUT2D eigenvalue weighted by Gasteiger charge is -2.41. The molecule has 1 saturated heterocycles. The SMILES string of the molecule is O=C(CCc1ccncc1)N1CCC2OCc3cnnn3C2C1. The molecule has 2 unspecified atom stereocenters. The maximum Gasteiger partial charge on any atom is 0.222 e. The first-order valence-electron chi connectivity index (χ1n) is 7.98. The predicted octanol–water partition coefficient (Wildman–Crippen LogP) is 0.978. The van der Waals surface area contributed by atoms with Crippen molar-refractivity contribution in [2.24, 2.45) is 0 Å². The van der Waals surface area contributed by atoms with E-state index in [-0.39, 0.29) is 18.1 Å². The summed E-state index contributed by atoms with van der Waals surface area (Å²) in [5, 5.41) is 8.13. The van der Waals surface area contributed by atoms with E-state index in [9.17, 15) is 4.79 Å². The molecule has 2 aliphatic rings. The fraction of sp³-hybridized carbons (Fsp3) is 0.500. The minimum atomic E-state index is 0.0832. The van der Waals surface area contributed by atoms with Crippen LogP contribution in [0.15, 0.2) is 30.7 Å². The molecule has 23 heavy (non-hydrogen) atoms. The molecular formula is C16H19N5O2. The van der Waals surface area contributed by atoms with E-state index in [0.717, 1.165) is 30.6 Å². The summed E-state index contributed by atoms with van der Waals surface area (Å²) < 4.78 is 7.81. The van der Waals surface area contributed by atoms with Gasteiger partial charge < -0.3 is 9.64 Å². The Bertz CT molecular complexity index is 687. The van der Waals surface area contributed by atoms with Crippen molar-refractivity contribution in [1.29, 1.82) is 0 Å². The summed E-state index contributed by atoms with van der Waals surface area (Å²) >= 11 is 0. The van der Waals surface area contributed by atoms with E-state index in [4.69, 9.17) is 4.74 Å². The van der Waals surface area contributed by atoms with E-state index in [1.165, 1.54) is 0 Å². The van der Waals surface area contributed by atoms with Crippen LogP contribution in [-0.2, 0) is 22.6 Å². The molecule has 1 fully saturated rings. The summed E-state index contributed by atoms with van der Waals surface area (Å²) in [5.74, 6) is 0.188. The van der Waals surface area contributed by atoms with Crippen molar-refractivity contribution >= 4 is 5.91 Å². The number of hydrogen-bond acceptors (Lipinski definition) is 5. The molecule has 120 valence electrons. The van der Waals surface area contributed by atoms with Gasteiger partial charge in [-0.15, -0.1) is 5.10 Å². The molecule has 7 heteroatoms. The number of piperidine rings is 1. The van der Waals surface area contributed by atoms with Crippen molar-refractivity contribution in [3.63, 3.8) is 0 Å². The molecule has 7 nitrogen and oxygen atoms in total. The number of aromatic nitrogens is 4. The number of pyridine rings is 1. The molecule has 4 rings (SSSR count). The summed E-state index contributed by atoms with van der Waals surface area (Å²) in [4.78, 5) is 18.5. The van der Waals surface area contributed by atoms with Gasteiger partial charge in [0.1, 0.15) is 0 Å². The van der Waals surface area contributed by atoms with Crippen LogP contribution in [-0.4, -0.2) is 50.0 Å². The zero-order chi connectivity index (χ0) is 15.6. The van der Waals surface area contributed by atoms with E-state index in [1.807, 2.05) is 21.7 Å². The summed E-state index contributed by atoms with van der Waals surface area (Å²) in [6.07, 6.45) is 7.51. The normalized spacial score (nSPS) is 23.2. The Hall–Kier alpha value is -2.28. The molecule has 0 aliphatic carbocycles. The van der Waals surface area contributed by atoms with Gasteiger partial charge in [0.2, 0.25) is 5.91 Å². The second kappa shape index (κ2) is 6.08. The number of likely N-dealkylation sites (tertiary alicyclic amines) is 1. The molecule has 2 aliphatic heterocycles. The summed E-state index contributed by atoms with van der Waals surface area (Å²) in [5.41, 5.74) is 2.13. The highest BCUT2D eigenvalue weighted by Gasteiger charge is 2.37. The van der Waals surface area contributed by atoms with Crippen molar-refractivity contribution in [2.75, 3.05) is 13.1 Å². The topological polar surface area (TPSA) is 73.1 Å². The summed E-state index contributed by atoms with van der Waals surface area (Å²) in [6, 6.07) is 3.99. The van der Waals surface area contributed by atoms with Gasteiger partial charge in [-0.2, -0.15) is 0 Å². The fourth-order valence-corrected chi connectivity index (χ4v) is 3.36. The number of carbonyl (C=O) groups is 1. The lowest BCUT2D eigenvalue weighted by atomic mass is 9.99. The standard InChI is InChI=1S/C16H19N5O2/c22-16(2-1-12-3-6-17-7-4-12)20-8-5-15-14(10-20)21-13(11-23-15)9-18-19-21/h3-4,6-7,9,14-15H,1-2,5,8,10-11H2. The molecule has 0 bridgehead atoms. The van der Waals surface area contributed by atoms with E-state index in [2.05, 4.69) is 15.3 Å². The van der Waals surface area contributed by atoms with Crippen LogP contribution in [0.4, 0.5) is 0 Å². The third-order valence-electron chi connectivity index (χ3n) is 4.66. The second-order valence-corrected chi connectivity index (χ2v) is 6.07. The number of ether oxygens (including phenoxy) is 1. The average Bonchev–Trinajstić information content (AvgIpc) is 3.09.